The zero-order valence-corrected chi connectivity index (χ0v) is 10.6. The van der Waals surface area contributed by atoms with Gasteiger partial charge >= 0.3 is 0 Å². The van der Waals surface area contributed by atoms with Crippen LogP contribution in [-0.2, 0) is 10.0 Å². The summed E-state index contributed by atoms with van der Waals surface area (Å²) in [7, 11) is -5.11. The van der Waals surface area contributed by atoms with Gasteiger partial charge in [0.2, 0.25) is 11.8 Å². The maximum Gasteiger partial charge on any atom is 0.270 e. The smallest absolute Gasteiger partial charge is 0.247 e. The van der Waals surface area contributed by atoms with E-state index in [9.17, 15) is 30.4 Å². The third-order valence-corrected chi connectivity index (χ3v) is 3.58. The summed E-state index contributed by atoms with van der Waals surface area (Å²) >= 11 is 0. The van der Waals surface area contributed by atoms with Crippen molar-refractivity contribution in [2.75, 3.05) is 4.72 Å². The molecule has 2 rings (SSSR count). The van der Waals surface area contributed by atoms with Crippen LogP contribution in [0.5, 0.6) is 0 Å². The number of anilines is 1. The standard InChI is InChI=1S/C10H4F5N3O2S/c11-4-5(12)7(14)9(8(15)6(4)13)21(19,20)18-10-16-2-1-3-17-10/h1-3H,(H,16,17,18). The minimum atomic E-state index is -5.11. The van der Waals surface area contributed by atoms with Crippen molar-refractivity contribution < 1.29 is 30.4 Å². The monoisotopic (exact) mass is 325 g/mol. The summed E-state index contributed by atoms with van der Waals surface area (Å²) in [5.41, 5.74) is 0. The van der Waals surface area contributed by atoms with Crippen molar-refractivity contribution in [2.24, 2.45) is 0 Å². The molecular formula is C10H4F5N3O2S. The molecule has 0 amide bonds. The Kier molecular flexibility index (Phi) is 3.77. The summed E-state index contributed by atoms with van der Waals surface area (Å²) in [6.07, 6.45) is 2.20. The lowest BCUT2D eigenvalue weighted by Gasteiger charge is -2.09. The summed E-state index contributed by atoms with van der Waals surface area (Å²) in [5.74, 6) is -12.8. The van der Waals surface area contributed by atoms with E-state index in [4.69, 9.17) is 0 Å². The summed E-state index contributed by atoms with van der Waals surface area (Å²) < 4.78 is 90.6. The molecule has 11 heteroatoms. The molecule has 1 N–H and O–H groups in total. The number of benzene rings is 1. The Labute approximate surface area is 114 Å². The topological polar surface area (TPSA) is 72.0 Å². The summed E-state index contributed by atoms with van der Waals surface area (Å²) in [4.78, 5) is 4.80. The molecule has 1 aromatic heterocycles. The summed E-state index contributed by atoms with van der Waals surface area (Å²) in [6.45, 7) is 0. The van der Waals surface area contributed by atoms with E-state index in [2.05, 4.69) is 9.97 Å². The fraction of sp³-hybridized carbons (Fsp3) is 0. The molecule has 0 radical (unpaired) electrons. The average Bonchev–Trinajstić information content (AvgIpc) is 2.43. The van der Waals surface area contributed by atoms with Crippen LogP contribution in [0, 0.1) is 29.1 Å². The Hall–Kier alpha value is -2.30. The van der Waals surface area contributed by atoms with Crippen LogP contribution in [-0.4, -0.2) is 18.4 Å². The van der Waals surface area contributed by atoms with Gasteiger partial charge < -0.3 is 0 Å². The molecular weight excluding hydrogens is 321 g/mol. The van der Waals surface area contributed by atoms with Crippen LogP contribution in [0.3, 0.4) is 0 Å². The first-order valence-electron chi connectivity index (χ1n) is 5.07. The zero-order valence-electron chi connectivity index (χ0n) is 9.74. The number of nitrogens with one attached hydrogen (secondary N) is 1. The largest absolute Gasteiger partial charge is 0.270 e. The van der Waals surface area contributed by atoms with Crippen LogP contribution < -0.4 is 4.72 Å². The first kappa shape index (κ1) is 15.1. The molecule has 0 unspecified atom stereocenters. The van der Waals surface area contributed by atoms with Gasteiger partial charge in [-0.05, 0) is 6.07 Å². The van der Waals surface area contributed by atoms with Crippen LogP contribution in [0.15, 0.2) is 23.4 Å². The van der Waals surface area contributed by atoms with Crippen molar-refractivity contribution in [2.45, 2.75) is 4.90 Å². The van der Waals surface area contributed by atoms with E-state index in [0.29, 0.717) is 0 Å². The molecule has 112 valence electrons. The molecule has 0 aliphatic carbocycles. The highest BCUT2D eigenvalue weighted by atomic mass is 32.2. The van der Waals surface area contributed by atoms with Crippen LogP contribution in [0.25, 0.3) is 0 Å². The SMILES string of the molecule is O=S(=O)(Nc1ncccn1)c1c(F)c(F)c(F)c(F)c1F. The molecule has 0 fully saturated rings. The fourth-order valence-electron chi connectivity index (χ4n) is 1.34. The third-order valence-electron chi connectivity index (χ3n) is 2.23. The highest BCUT2D eigenvalue weighted by Gasteiger charge is 2.33. The molecule has 1 aromatic carbocycles. The number of aromatic nitrogens is 2. The molecule has 0 atom stereocenters. The van der Waals surface area contributed by atoms with E-state index >= 15 is 0 Å². The summed E-state index contributed by atoms with van der Waals surface area (Å²) in [6, 6.07) is 1.32. The van der Waals surface area contributed by atoms with Gasteiger partial charge in [0.05, 0.1) is 0 Å². The molecule has 0 aliphatic rings. The second kappa shape index (κ2) is 5.24. The predicted octanol–water partition coefficient (Wildman–Crippen LogP) is 1.97. The van der Waals surface area contributed by atoms with E-state index in [0.717, 1.165) is 12.4 Å². The van der Waals surface area contributed by atoms with Crippen molar-refractivity contribution >= 4 is 16.0 Å². The van der Waals surface area contributed by atoms with Crippen molar-refractivity contribution in [3.05, 3.63) is 47.5 Å². The normalized spacial score (nSPS) is 11.5. The molecule has 0 spiro atoms. The number of rotatable bonds is 3. The predicted molar refractivity (Wildman–Crippen MR) is 59.1 cm³/mol. The zero-order chi connectivity index (χ0) is 15.8. The van der Waals surface area contributed by atoms with E-state index in [-0.39, 0.29) is 0 Å². The first-order chi connectivity index (χ1) is 9.75. The Morgan fingerprint density at radius 1 is 0.810 bits per heavy atom. The number of hydrogen-bond acceptors (Lipinski definition) is 4. The Bertz CT molecular complexity index is 769. The van der Waals surface area contributed by atoms with Gasteiger partial charge in [-0.1, -0.05) is 0 Å². The molecule has 0 aliphatic heterocycles. The minimum Gasteiger partial charge on any atom is -0.247 e. The van der Waals surface area contributed by atoms with E-state index < -0.39 is 50.0 Å². The Morgan fingerprint density at radius 3 is 1.71 bits per heavy atom. The van der Waals surface area contributed by atoms with Crippen LogP contribution in [0.4, 0.5) is 27.9 Å². The van der Waals surface area contributed by atoms with Gasteiger partial charge in [-0.25, -0.2) is 45.1 Å². The van der Waals surface area contributed by atoms with Crippen LogP contribution in [0.2, 0.25) is 0 Å². The molecule has 5 nitrogen and oxygen atoms in total. The number of sulfonamides is 1. The fourth-order valence-corrected chi connectivity index (χ4v) is 2.44. The second-order valence-corrected chi connectivity index (χ2v) is 5.20. The molecule has 0 bridgehead atoms. The van der Waals surface area contributed by atoms with E-state index in [1.54, 1.807) is 0 Å². The van der Waals surface area contributed by atoms with Crippen molar-refractivity contribution in [3.8, 4) is 0 Å². The third kappa shape index (κ3) is 2.63. The quantitative estimate of drug-likeness (QED) is 0.532. The lowest BCUT2D eigenvalue weighted by atomic mass is 10.3. The minimum absolute atomic E-state index is 0.596. The summed E-state index contributed by atoms with van der Waals surface area (Å²) in [5, 5.41) is 0. The van der Waals surface area contributed by atoms with Crippen molar-refractivity contribution in [1.82, 2.24) is 9.97 Å². The number of hydrogen-bond donors (Lipinski definition) is 1. The highest BCUT2D eigenvalue weighted by Crippen LogP contribution is 2.27. The Morgan fingerprint density at radius 2 is 1.24 bits per heavy atom. The maximum atomic E-state index is 13.4. The average molecular weight is 325 g/mol. The lowest BCUT2D eigenvalue weighted by Crippen LogP contribution is -2.20. The van der Waals surface area contributed by atoms with Crippen molar-refractivity contribution in [1.29, 1.82) is 0 Å². The molecule has 2 aromatic rings. The lowest BCUT2D eigenvalue weighted by molar-refractivity contribution is 0.358. The van der Waals surface area contributed by atoms with Gasteiger partial charge in [0.15, 0.2) is 28.2 Å². The maximum absolute atomic E-state index is 13.4. The van der Waals surface area contributed by atoms with Gasteiger partial charge in [-0.2, -0.15) is 0 Å². The number of halogens is 5. The van der Waals surface area contributed by atoms with Crippen LogP contribution in [0.1, 0.15) is 0 Å². The van der Waals surface area contributed by atoms with Gasteiger partial charge in [0.1, 0.15) is 0 Å². The van der Waals surface area contributed by atoms with E-state index in [1.807, 2.05) is 0 Å². The molecule has 1 heterocycles. The van der Waals surface area contributed by atoms with Gasteiger partial charge in [-0.15, -0.1) is 0 Å². The first-order valence-corrected chi connectivity index (χ1v) is 6.55. The van der Waals surface area contributed by atoms with Crippen LogP contribution >= 0.6 is 0 Å². The molecule has 21 heavy (non-hydrogen) atoms. The second-order valence-electron chi connectivity index (χ2n) is 3.58. The van der Waals surface area contributed by atoms with Crippen molar-refractivity contribution in [3.63, 3.8) is 0 Å². The van der Waals surface area contributed by atoms with Gasteiger partial charge in [-0.3, -0.25) is 0 Å². The highest BCUT2D eigenvalue weighted by molar-refractivity contribution is 7.92. The molecule has 0 saturated heterocycles. The number of nitrogens with zero attached hydrogens (tertiary/aromatic N) is 2. The van der Waals surface area contributed by atoms with Gasteiger partial charge in [0.25, 0.3) is 10.0 Å². The van der Waals surface area contributed by atoms with E-state index in [1.165, 1.54) is 10.8 Å². The van der Waals surface area contributed by atoms with Gasteiger partial charge in [0, 0.05) is 12.4 Å². The molecule has 0 saturated carbocycles. The Balaban J connectivity index is 2.61.